The number of esters is 1. The molecule has 0 bridgehead atoms. The molecule has 0 aromatic heterocycles. The van der Waals surface area contributed by atoms with Gasteiger partial charge in [0.2, 0.25) is 0 Å². The van der Waals surface area contributed by atoms with Gasteiger partial charge in [0.05, 0.1) is 17.4 Å². The van der Waals surface area contributed by atoms with Crippen molar-refractivity contribution in [3.05, 3.63) is 59.1 Å². The molecular weight excluding hydrogens is 343 g/mol. The van der Waals surface area contributed by atoms with Crippen molar-refractivity contribution >= 4 is 29.2 Å². The summed E-state index contributed by atoms with van der Waals surface area (Å²) in [6.45, 7) is 5.96. The van der Waals surface area contributed by atoms with Crippen molar-refractivity contribution in [1.29, 1.82) is 0 Å². The molecule has 0 amide bonds. The second-order valence-corrected chi connectivity index (χ2v) is 7.35. The Kier molecular flexibility index (Phi) is 6.31. The molecule has 0 heterocycles. The van der Waals surface area contributed by atoms with Gasteiger partial charge >= 0.3 is 5.97 Å². The molecule has 0 aliphatic carbocycles. The maximum absolute atomic E-state index is 11.8. The lowest BCUT2D eigenvalue weighted by molar-refractivity contribution is -0.147. The van der Waals surface area contributed by atoms with Gasteiger partial charge in [0, 0.05) is 10.6 Å². The molecule has 0 aliphatic rings. The van der Waals surface area contributed by atoms with Crippen molar-refractivity contribution in [1.82, 2.24) is 0 Å². The van der Waals surface area contributed by atoms with Gasteiger partial charge in [0.15, 0.2) is 0 Å². The minimum atomic E-state index is -0.634. The quantitative estimate of drug-likeness (QED) is 0.460. The van der Waals surface area contributed by atoms with Gasteiger partial charge in [-0.25, -0.2) is 0 Å². The molecular formula is C20H22Cl2O2. The van der Waals surface area contributed by atoms with Crippen LogP contribution in [0.5, 0.6) is 0 Å². The number of rotatable bonds is 6. The molecule has 2 rings (SSSR count). The van der Waals surface area contributed by atoms with E-state index in [-0.39, 0.29) is 11.9 Å². The molecule has 0 fully saturated rings. The lowest BCUT2D eigenvalue weighted by atomic mass is 9.89. The van der Waals surface area contributed by atoms with Gasteiger partial charge in [0.1, 0.15) is 0 Å². The van der Waals surface area contributed by atoms with Gasteiger partial charge in [-0.05, 0) is 37.5 Å². The SMILES string of the molecule is CCOC(=O)C(C)CC(C)(Cl)c1ccc(-c2ccccc2Cl)cc1. The number of hydrogen-bond donors (Lipinski definition) is 0. The summed E-state index contributed by atoms with van der Waals surface area (Å²) < 4.78 is 5.06. The molecule has 24 heavy (non-hydrogen) atoms. The fourth-order valence-electron chi connectivity index (χ4n) is 2.75. The van der Waals surface area contributed by atoms with Crippen molar-refractivity contribution < 1.29 is 9.53 Å². The fraction of sp³-hybridized carbons (Fsp3) is 0.350. The highest BCUT2D eigenvalue weighted by Gasteiger charge is 2.29. The van der Waals surface area contributed by atoms with Gasteiger partial charge in [-0.3, -0.25) is 4.79 Å². The molecule has 2 nitrogen and oxygen atoms in total. The zero-order chi connectivity index (χ0) is 17.7. The van der Waals surface area contributed by atoms with E-state index in [1.165, 1.54) is 0 Å². The monoisotopic (exact) mass is 364 g/mol. The first-order valence-corrected chi connectivity index (χ1v) is 8.81. The zero-order valence-corrected chi connectivity index (χ0v) is 15.7. The minimum absolute atomic E-state index is 0.211. The molecule has 0 saturated carbocycles. The zero-order valence-electron chi connectivity index (χ0n) is 14.2. The maximum Gasteiger partial charge on any atom is 0.308 e. The van der Waals surface area contributed by atoms with Crippen LogP contribution in [0.3, 0.4) is 0 Å². The smallest absolute Gasteiger partial charge is 0.308 e. The van der Waals surface area contributed by atoms with Crippen molar-refractivity contribution in [3.8, 4) is 11.1 Å². The number of carbonyl (C=O) groups excluding carboxylic acids is 1. The summed E-state index contributed by atoms with van der Waals surface area (Å²) in [6.07, 6.45) is 0.513. The molecule has 0 saturated heterocycles. The highest BCUT2D eigenvalue weighted by Crippen LogP contribution is 2.37. The van der Waals surface area contributed by atoms with Crippen molar-refractivity contribution in [3.63, 3.8) is 0 Å². The summed E-state index contributed by atoms with van der Waals surface area (Å²) in [4.78, 5) is 11.2. The number of alkyl halides is 1. The van der Waals surface area contributed by atoms with E-state index in [4.69, 9.17) is 27.9 Å². The van der Waals surface area contributed by atoms with E-state index in [1.807, 2.05) is 62.4 Å². The normalized spacial score (nSPS) is 14.7. The van der Waals surface area contributed by atoms with E-state index >= 15 is 0 Å². The molecule has 2 unspecified atom stereocenters. The Morgan fingerprint density at radius 3 is 2.38 bits per heavy atom. The molecule has 0 radical (unpaired) electrons. The molecule has 2 aromatic rings. The average molecular weight is 365 g/mol. The van der Waals surface area contributed by atoms with E-state index in [0.717, 1.165) is 21.7 Å². The molecule has 128 valence electrons. The second-order valence-electron chi connectivity index (χ2n) is 6.11. The van der Waals surface area contributed by atoms with Crippen LogP contribution in [0.2, 0.25) is 5.02 Å². The van der Waals surface area contributed by atoms with E-state index in [9.17, 15) is 4.79 Å². The van der Waals surface area contributed by atoms with Gasteiger partial charge in [-0.15, -0.1) is 11.6 Å². The molecule has 0 aliphatic heterocycles. The van der Waals surface area contributed by atoms with Crippen molar-refractivity contribution in [2.45, 2.75) is 32.1 Å². The standard InChI is InChI=1S/C20H22Cl2O2/c1-4-24-19(23)14(2)13-20(3,22)16-11-9-15(10-12-16)17-7-5-6-8-18(17)21/h5-12,14H,4,13H2,1-3H3. The Hall–Kier alpha value is -1.51. The van der Waals surface area contributed by atoms with Crippen LogP contribution >= 0.6 is 23.2 Å². The second kappa shape index (κ2) is 8.04. The Morgan fingerprint density at radius 1 is 1.17 bits per heavy atom. The van der Waals surface area contributed by atoms with Crippen LogP contribution in [0.25, 0.3) is 11.1 Å². The first-order chi connectivity index (χ1) is 11.3. The lowest BCUT2D eigenvalue weighted by Gasteiger charge is -2.25. The van der Waals surface area contributed by atoms with Crippen LogP contribution in [0.15, 0.2) is 48.5 Å². The van der Waals surface area contributed by atoms with Gasteiger partial charge in [0.25, 0.3) is 0 Å². The third-order valence-corrected chi connectivity index (χ3v) is 4.75. The number of ether oxygens (including phenoxy) is 1. The fourth-order valence-corrected chi connectivity index (χ4v) is 3.36. The van der Waals surface area contributed by atoms with Crippen LogP contribution in [0, 0.1) is 5.92 Å². The third-order valence-electron chi connectivity index (χ3n) is 4.05. The van der Waals surface area contributed by atoms with Crippen molar-refractivity contribution in [2.75, 3.05) is 6.61 Å². The minimum Gasteiger partial charge on any atom is -0.466 e. The molecule has 2 aromatic carbocycles. The Labute approximate surface area is 153 Å². The third kappa shape index (κ3) is 4.52. The summed E-state index contributed by atoms with van der Waals surface area (Å²) in [5.74, 6) is -0.465. The van der Waals surface area contributed by atoms with E-state index in [0.29, 0.717) is 13.0 Å². The number of benzene rings is 2. The largest absolute Gasteiger partial charge is 0.466 e. The maximum atomic E-state index is 11.8. The average Bonchev–Trinajstić information content (AvgIpc) is 2.55. The highest BCUT2D eigenvalue weighted by atomic mass is 35.5. The predicted octanol–water partition coefficient (Wildman–Crippen LogP) is 6.05. The topological polar surface area (TPSA) is 26.3 Å². The van der Waals surface area contributed by atoms with Gasteiger partial charge in [-0.2, -0.15) is 0 Å². The van der Waals surface area contributed by atoms with E-state index in [2.05, 4.69) is 0 Å². The van der Waals surface area contributed by atoms with Crippen LogP contribution in [0.4, 0.5) is 0 Å². The first kappa shape index (κ1) is 18.8. The van der Waals surface area contributed by atoms with Crippen LogP contribution in [0.1, 0.15) is 32.8 Å². The first-order valence-electron chi connectivity index (χ1n) is 8.06. The summed E-state index contributed by atoms with van der Waals surface area (Å²) in [5.41, 5.74) is 2.99. The molecule has 4 heteroatoms. The summed E-state index contributed by atoms with van der Waals surface area (Å²) in [6, 6.07) is 15.7. The van der Waals surface area contributed by atoms with Crippen molar-refractivity contribution in [2.24, 2.45) is 5.92 Å². The molecule has 2 atom stereocenters. The Bertz CT molecular complexity index is 693. The number of hydrogen-bond acceptors (Lipinski definition) is 2. The van der Waals surface area contributed by atoms with Gasteiger partial charge in [-0.1, -0.05) is 61.0 Å². The van der Waals surface area contributed by atoms with Crippen LogP contribution < -0.4 is 0 Å². The van der Waals surface area contributed by atoms with E-state index in [1.54, 1.807) is 6.92 Å². The molecule has 0 spiro atoms. The van der Waals surface area contributed by atoms with Crippen LogP contribution in [-0.4, -0.2) is 12.6 Å². The number of carbonyl (C=O) groups is 1. The van der Waals surface area contributed by atoms with Gasteiger partial charge < -0.3 is 4.74 Å². The highest BCUT2D eigenvalue weighted by molar-refractivity contribution is 6.33. The summed E-state index contributed by atoms with van der Waals surface area (Å²) in [7, 11) is 0. The lowest BCUT2D eigenvalue weighted by Crippen LogP contribution is -2.24. The summed E-state index contributed by atoms with van der Waals surface area (Å²) in [5, 5.41) is 0.717. The summed E-state index contributed by atoms with van der Waals surface area (Å²) >= 11 is 12.9. The predicted molar refractivity (Wildman–Crippen MR) is 101 cm³/mol. The Balaban J connectivity index is 2.17. The molecule has 0 N–H and O–H groups in total. The Morgan fingerprint density at radius 2 is 1.79 bits per heavy atom. The van der Waals surface area contributed by atoms with E-state index < -0.39 is 4.87 Å². The number of halogens is 2. The van der Waals surface area contributed by atoms with Crippen LogP contribution in [-0.2, 0) is 14.4 Å².